The van der Waals surface area contributed by atoms with E-state index in [1.165, 1.54) is 4.90 Å². The molecule has 4 rings (SSSR count). The number of nitrogens with one attached hydrogen (secondary N) is 2. The molecule has 4 amide bonds. The summed E-state index contributed by atoms with van der Waals surface area (Å²) in [4.78, 5) is 61.0. The van der Waals surface area contributed by atoms with Crippen LogP contribution >= 0.6 is 0 Å². The van der Waals surface area contributed by atoms with Crippen LogP contribution in [0.25, 0.3) is 0 Å². The summed E-state index contributed by atoms with van der Waals surface area (Å²) in [6.07, 6.45) is -4.57. The molecule has 1 aromatic rings. The monoisotopic (exact) mass is 514 g/mol. The maximum Gasteiger partial charge on any atom is 0.490 e. The topological polar surface area (TPSA) is 145 Å². The molecule has 1 aromatic carbocycles. The van der Waals surface area contributed by atoms with Crippen LogP contribution in [0.15, 0.2) is 18.2 Å². The summed E-state index contributed by atoms with van der Waals surface area (Å²) in [7, 11) is 0. The van der Waals surface area contributed by atoms with Crippen molar-refractivity contribution in [3.63, 3.8) is 0 Å². The van der Waals surface area contributed by atoms with Crippen LogP contribution in [0.2, 0.25) is 0 Å². The van der Waals surface area contributed by atoms with Gasteiger partial charge in [0, 0.05) is 43.2 Å². The molecule has 196 valence electrons. The first kappa shape index (κ1) is 26.9. The summed E-state index contributed by atoms with van der Waals surface area (Å²) >= 11 is 0. The zero-order chi connectivity index (χ0) is 26.6. The van der Waals surface area contributed by atoms with E-state index in [0.29, 0.717) is 36.4 Å². The maximum absolute atomic E-state index is 12.8. The van der Waals surface area contributed by atoms with Gasteiger partial charge < -0.3 is 25.0 Å². The van der Waals surface area contributed by atoms with Crippen LogP contribution in [-0.4, -0.2) is 89.0 Å². The van der Waals surface area contributed by atoms with Crippen LogP contribution in [0.1, 0.15) is 35.7 Å². The van der Waals surface area contributed by atoms with Gasteiger partial charge in [-0.05, 0) is 25.5 Å². The molecular weight excluding hydrogens is 489 g/mol. The van der Waals surface area contributed by atoms with Gasteiger partial charge in [-0.15, -0.1) is 0 Å². The molecule has 2 atom stereocenters. The van der Waals surface area contributed by atoms with Crippen molar-refractivity contribution in [1.29, 1.82) is 0 Å². The highest BCUT2D eigenvalue weighted by Crippen LogP contribution is 2.33. The minimum absolute atomic E-state index is 0.0951. The van der Waals surface area contributed by atoms with Crippen molar-refractivity contribution in [1.82, 2.24) is 20.4 Å². The highest BCUT2D eigenvalue weighted by molar-refractivity contribution is 6.05. The summed E-state index contributed by atoms with van der Waals surface area (Å²) < 4.78 is 37.5. The van der Waals surface area contributed by atoms with Gasteiger partial charge in [-0.1, -0.05) is 6.07 Å². The SMILES string of the molecule is C[C@H]1CN(C(=O)COc2cccc3c2CN(C2CCC(=O)NC2=O)C3=O)CCN1.O=C(O)C(F)(F)F. The van der Waals surface area contributed by atoms with E-state index in [0.717, 1.165) is 6.54 Å². The number of imide groups is 1. The lowest BCUT2D eigenvalue weighted by Gasteiger charge is -2.31. The van der Waals surface area contributed by atoms with Gasteiger partial charge in [0.25, 0.3) is 11.8 Å². The molecule has 0 spiro atoms. The number of hydrogen-bond acceptors (Lipinski definition) is 7. The van der Waals surface area contributed by atoms with Gasteiger partial charge in [-0.25, -0.2) is 4.79 Å². The molecule has 14 heteroatoms. The van der Waals surface area contributed by atoms with Crippen molar-refractivity contribution >= 4 is 29.6 Å². The van der Waals surface area contributed by atoms with Crippen molar-refractivity contribution in [2.24, 2.45) is 0 Å². The van der Waals surface area contributed by atoms with Crippen LogP contribution in [0.5, 0.6) is 5.75 Å². The molecule has 3 heterocycles. The number of rotatable bonds is 4. The number of piperazine rings is 1. The van der Waals surface area contributed by atoms with Gasteiger partial charge in [0.05, 0.1) is 6.54 Å². The largest absolute Gasteiger partial charge is 0.490 e. The highest BCUT2D eigenvalue weighted by Gasteiger charge is 2.40. The van der Waals surface area contributed by atoms with Crippen LogP contribution in [0.4, 0.5) is 13.2 Å². The lowest BCUT2D eigenvalue weighted by Crippen LogP contribution is -2.52. The number of halogens is 3. The zero-order valence-corrected chi connectivity index (χ0v) is 19.3. The first-order chi connectivity index (χ1) is 16.9. The predicted molar refractivity (Wildman–Crippen MR) is 116 cm³/mol. The van der Waals surface area contributed by atoms with E-state index >= 15 is 0 Å². The second kappa shape index (κ2) is 10.9. The molecule has 0 radical (unpaired) electrons. The smallest absolute Gasteiger partial charge is 0.483 e. The van der Waals surface area contributed by atoms with Gasteiger partial charge in [0.15, 0.2) is 6.61 Å². The van der Waals surface area contributed by atoms with Crippen molar-refractivity contribution < 1.29 is 47.0 Å². The van der Waals surface area contributed by atoms with E-state index in [9.17, 15) is 32.3 Å². The number of ether oxygens (including phenoxy) is 1. The number of fused-ring (bicyclic) bond motifs is 1. The Morgan fingerprint density at radius 2 is 1.92 bits per heavy atom. The Labute approximate surface area is 203 Å². The molecule has 3 aliphatic rings. The molecule has 0 aliphatic carbocycles. The third-order valence-corrected chi connectivity index (χ3v) is 5.85. The minimum atomic E-state index is -5.08. The first-order valence-corrected chi connectivity index (χ1v) is 11.1. The number of piperidine rings is 1. The predicted octanol–water partition coefficient (Wildman–Crippen LogP) is 0.280. The number of carboxylic acid groups (broad SMARTS) is 1. The Morgan fingerprint density at radius 3 is 2.53 bits per heavy atom. The average Bonchev–Trinajstić information content (AvgIpc) is 3.14. The lowest BCUT2D eigenvalue weighted by atomic mass is 10.0. The third-order valence-electron chi connectivity index (χ3n) is 5.85. The minimum Gasteiger partial charge on any atom is -0.483 e. The Bertz CT molecular complexity index is 1060. The zero-order valence-electron chi connectivity index (χ0n) is 19.3. The van der Waals surface area contributed by atoms with E-state index < -0.39 is 24.1 Å². The molecule has 3 N–H and O–H groups in total. The van der Waals surface area contributed by atoms with Gasteiger partial charge in [0.1, 0.15) is 11.8 Å². The van der Waals surface area contributed by atoms with Gasteiger partial charge in [0.2, 0.25) is 11.8 Å². The summed E-state index contributed by atoms with van der Waals surface area (Å²) in [6, 6.07) is 4.69. The molecule has 1 unspecified atom stereocenters. The van der Waals surface area contributed by atoms with Gasteiger partial charge in [-0.3, -0.25) is 24.5 Å². The summed E-state index contributed by atoms with van der Waals surface area (Å²) in [6.45, 7) is 4.17. The van der Waals surface area contributed by atoms with Gasteiger partial charge >= 0.3 is 12.1 Å². The maximum atomic E-state index is 12.8. The third kappa shape index (κ3) is 6.30. The van der Waals surface area contributed by atoms with Gasteiger partial charge in [-0.2, -0.15) is 13.2 Å². The van der Waals surface area contributed by atoms with Crippen molar-refractivity contribution in [2.75, 3.05) is 26.2 Å². The standard InChI is InChI=1S/C20H24N4O5.C2HF3O2/c1-12-9-23(8-7-21-12)18(26)11-29-16-4-2-3-13-14(16)10-24(20(13)28)15-5-6-17(25)22-19(15)27;3-2(4,5)1(6)7/h2-4,12,15,21H,5-11H2,1H3,(H,22,25,27);(H,6,7)/t12-,15?;/m0./s1. The van der Waals surface area contributed by atoms with E-state index in [2.05, 4.69) is 10.6 Å². The average molecular weight is 514 g/mol. The number of carbonyl (C=O) groups is 5. The molecule has 0 bridgehead atoms. The number of benzene rings is 1. The van der Waals surface area contributed by atoms with Crippen LogP contribution in [-0.2, 0) is 25.7 Å². The van der Waals surface area contributed by atoms with E-state index in [-0.39, 0.29) is 43.3 Å². The van der Waals surface area contributed by atoms with E-state index in [1.54, 1.807) is 23.1 Å². The molecule has 2 fully saturated rings. The van der Waals surface area contributed by atoms with Crippen molar-refractivity contribution in [2.45, 2.75) is 44.6 Å². The Kier molecular flexibility index (Phi) is 8.17. The molecule has 2 saturated heterocycles. The number of carbonyl (C=O) groups excluding carboxylic acids is 4. The normalized spacial score (nSPS) is 21.8. The second-order valence-corrected chi connectivity index (χ2v) is 8.47. The number of nitrogens with zero attached hydrogens (tertiary/aromatic N) is 2. The molecule has 11 nitrogen and oxygen atoms in total. The number of hydrogen-bond donors (Lipinski definition) is 3. The molecular formula is C22H25F3N4O7. The lowest BCUT2D eigenvalue weighted by molar-refractivity contribution is -0.192. The number of amides is 4. The van der Waals surface area contributed by atoms with Crippen LogP contribution < -0.4 is 15.4 Å². The van der Waals surface area contributed by atoms with Crippen LogP contribution in [0, 0.1) is 0 Å². The van der Waals surface area contributed by atoms with E-state index in [1.807, 2.05) is 6.92 Å². The number of carboxylic acids is 1. The summed E-state index contributed by atoms with van der Waals surface area (Å²) in [5, 5.41) is 12.7. The van der Waals surface area contributed by atoms with Crippen LogP contribution in [0.3, 0.4) is 0 Å². The number of alkyl halides is 3. The Balaban J connectivity index is 0.000000454. The first-order valence-electron chi connectivity index (χ1n) is 11.1. The summed E-state index contributed by atoms with van der Waals surface area (Å²) in [5.74, 6) is -3.41. The van der Waals surface area contributed by atoms with Crippen molar-refractivity contribution in [3.05, 3.63) is 29.3 Å². The molecule has 0 aromatic heterocycles. The Morgan fingerprint density at radius 1 is 1.22 bits per heavy atom. The fraction of sp³-hybridized carbons (Fsp3) is 0.500. The highest BCUT2D eigenvalue weighted by atomic mass is 19.4. The summed E-state index contributed by atoms with van der Waals surface area (Å²) in [5.41, 5.74) is 1.14. The quantitative estimate of drug-likeness (QED) is 0.486. The number of aliphatic carboxylic acids is 1. The molecule has 0 saturated carbocycles. The fourth-order valence-corrected chi connectivity index (χ4v) is 4.08. The molecule has 36 heavy (non-hydrogen) atoms. The Hall–Kier alpha value is -3.68. The second-order valence-electron chi connectivity index (χ2n) is 8.47. The fourth-order valence-electron chi connectivity index (χ4n) is 4.08. The molecule has 3 aliphatic heterocycles. The van der Waals surface area contributed by atoms with E-state index in [4.69, 9.17) is 14.6 Å². The van der Waals surface area contributed by atoms with Crippen molar-refractivity contribution in [3.8, 4) is 5.75 Å².